The average Bonchev–Trinajstić information content (AvgIpc) is 2.86. The van der Waals surface area contributed by atoms with Crippen molar-refractivity contribution in [2.24, 2.45) is 34.5 Å². The molecular weight excluding hydrogens is 364 g/mol. The van der Waals surface area contributed by atoms with Gasteiger partial charge >= 0.3 is 0 Å². The van der Waals surface area contributed by atoms with Gasteiger partial charge < -0.3 is 5.11 Å². The van der Waals surface area contributed by atoms with E-state index >= 15 is 0 Å². The van der Waals surface area contributed by atoms with Crippen LogP contribution in [0.25, 0.3) is 0 Å². The highest BCUT2D eigenvalue weighted by Gasteiger charge is 2.61. The van der Waals surface area contributed by atoms with E-state index in [0.717, 1.165) is 25.7 Å². The summed E-state index contributed by atoms with van der Waals surface area (Å²) >= 11 is 4.01. The number of aliphatic hydroxyl groups excluding tert-OH is 1. The second kappa shape index (κ2) is 5.67. The molecule has 2 nitrogen and oxygen atoms in total. The van der Waals surface area contributed by atoms with E-state index in [4.69, 9.17) is 0 Å². The van der Waals surface area contributed by atoms with Crippen LogP contribution in [-0.2, 0) is 4.79 Å². The van der Waals surface area contributed by atoms with Crippen molar-refractivity contribution in [2.45, 2.75) is 76.6 Å². The van der Waals surface area contributed by atoms with Gasteiger partial charge in [-0.05, 0) is 80.5 Å². The van der Waals surface area contributed by atoms with Gasteiger partial charge in [0.1, 0.15) is 5.78 Å². The van der Waals surface area contributed by atoms with Crippen LogP contribution in [0.1, 0.15) is 65.7 Å². The number of aliphatic hydroxyl groups is 1. The number of carbonyl (C=O) groups is 1. The van der Waals surface area contributed by atoms with Crippen LogP contribution in [0.3, 0.4) is 0 Å². The van der Waals surface area contributed by atoms with Crippen molar-refractivity contribution in [1.82, 2.24) is 0 Å². The minimum atomic E-state index is -0.150. The third-order valence-electron chi connectivity index (χ3n) is 8.56. The standard InChI is InChI=1S/C21H31BrO2/c1-12(23)15-4-5-16-19-17(7-9-21(15,16)3)20(2)8-6-14(24)10-13(20)11-18(19)22/h11,14-19,24H,4-10H2,1-3H3. The number of alkyl halides is 1. The van der Waals surface area contributed by atoms with Crippen LogP contribution in [0.4, 0.5) is 0 Å². The Bertz CT molecular complexity index is 584. The summed E-state index contributed by atoms with van der Waals surface area (Å²) in [5.41, 5.74) is 1.97. The van der Waals surface area contributed by atoms with E-state index in [9.17, 15) is 9.90 Å². The molecule has 0 amide bonds. The minimum absolute atomic E-state index is 0.150. The van der Waals surface area contributed by atoms with Crippen molar-refractivity contribution < 1.29 is 9.90 Å². The fourth-order valence-corrected chi connectivity index (χ4v) is 8.31. The molecule has 3 saturated carbocycles. The summed E-state index contributed by atoms with van der Waals surface area (Å²) in [5, 5.41) is 10.1. The molecule has 0 heterocycles. The molecule has 4 aliphatic carbocycles. The smallest absolute Gasteiger partial charge is 0.133 e. The van der Waals surface area contributed by atoms with Gasteiger partial charge in [0, 0.05) is 10.7 Å². The molecule has 0 saturated heterocycles. The molecule has 0 aliphatic heterocycles. The van der Waals surface area contributed by atoms with Crippen molar-refractivity contribution >= 4 is 21.7 Å². The van der Waals surface area contributed by atoms with E-state index in [1.807, 2.05) is 0 Å². The molecule has 0 spiro atoms. The van der Waals surface area contributed by atoms with Crippen LogP contribution in [0.2, 0.25) is 0 Å². The largest absolute Gasteiger partial charge is 0.393 e. The van der Waals surface area contributed by atoms with Crippen molar-refractivity contribution in [2.75, 3.05) is 0 Å². The molecule has 0 radical (unpaired) electrons. The first-order chi connectivity index (χ1) is 11.3. The molecule has 0 aromatic carbocycles. The zero-order chi connectivity index (χ0) is 17.3. The molecule has 0 aromatic rings. The Morgan fingerprint density at radius 2 is 1.92 bits per heavy atom. The number of allylic oxidation sites excluding steroid dienone is 1. The van der Waals surface area contributed by atoms with Gasteiger partial charge in [0.2, 0.25) is 0 Å². The number of carbonyl (C=O) groups excluding carboxylic acids is 1. The van der Waals surface area contributed by atoms with Crippen molar-refractivity contribution in [1.29, 1.82) is 0 Å². The number of halogens is 1. The van der Waals surface area contributed by atoms with E-state index < -0.39 is 0 Å². The number of rotatable bonds is 1. The predicted molar refractivity (Wildman–Crippen MR) is 100.0 cm³/mol. The second-order valence-electron chi connectivity index (χ2n) is 9.53. The van der Waals surface area contributed by atoms with Crippen molar-refractivity contribution in [3.05, 3.63) is 11.6 Å². The van der Waals surface area contributed by atoms with Gasteiger partial charge in [-0.25, -0.2) is 0 Å². The summed E-state index contributed by atoms with van der Waals surface area (Å²) in [6.07, 6.45) is 9.97. The van der Waals surface area contributed by atoms with Crippen LogP contribution in [0.5, 0.6) is 0 Å². The lowest BCUT2D eigenvalue weighted by molar-refractivity contribution is -0.127. The fraction of sp³-hybridized carbons (Fsp3) is 0.857. The van der Waals surface area contributed by atoms with Gasteiger partial charge in [-0.15, -0.1) is 0 Å². The molecular formula is C21H31BrO2. The summed E-state index contributed by atoms with van der Waals surface area (Å²) in [6, 6.07) is 0. The highest BCUT2D eigenvalue weighted by molar-refractivity contribution is 9.09. The molecule has 3 fully saturated rings. The van der Waals surface area contributed by atoms with Gasteiger partial charge in [0.25, 0.3) is 0 Å². The maximum atomic E-state index is 12.2. The normalized spacial score (nSPS) is 53.6. The summed E-state index contributed by atoms with van der Waals surface area (Å²) in [5.74, 6) is 2.70. The Kier molecular flexibility index (Phi) is 4.08. The SMILES string of the molecule is CC(=O)C1CCC2C3C(Br)C=C4CC(O)CCC4(C)C3CCC12C. The van der Waals surface area contributed by atoms with Gasteiger partial charge in [0.15, 0.2) is 0 Å². The highest BCUT2D eigenvalue weighted by atomic mass is 79.9. The Balaban J connectivity index is 1.71. The summed E-state index contributed by atoms with van der Waals surface area (Å²) in [7, 11) is 0. The van der Waals surface area contributed by atoms with Crippen LogP contribution in [0, 0.1) is 34.5 Å². The van der Waals surface area contributed by atoms with Crippen molar-refractivity contribution in [3.8, 4) is 0 Å². The molecule has 8 atom stereocenters. The van der Waals surface area contributed by atoms with Gasteiger partial charge in [-0.1, -0.05) is 41.4 Å². The van der Waals surface area contributed by atoms with Gasteiger partial charge in [-0.2, -0.15) is 0 Å². The maximum absolute atomic E-state index is 12.2. The average molecular weight is 395 g/mol. The van der Waals surface area contributed by atoms with E-state index in [1.165, 1.54) is 24.8 Å². The zero-order valence-electron chi connectivity index (χ0n) is 15.2. The third-order valence-corrected chi connectivity index (χ3v) is 9.43. The summed E-state index contributed by atoms with van der Waals surface area (Å²) in [4.78, 5) is 12.6. The Morgan fingerprint density at radius 3 is 2.62 bits per heavy atom. The first-order valence-electron chi connectivity index (χ1n) is 9.81. The van der Waals surface area contributed by atoms with E-state index in [1.54, 1.807) is 6.92 Å². The number of Topliss-reactive ketones (excluding diaryl/α,β-unsaturated/α-hetero) is 1. The number of fused-ring (bicyclic) bond motifs is 5. The number of hydrogen-bond donors (Lipinski definition) is 1. The third kappa shape index (κ3) is 2.26. The maximum Gasteiger partial charge on any atom is 0.133 e. The van der Waals surface area contributed by atoms with E-state index in [2.05, 4.69) is 35.9 Å². The molecule has 0 bridgehead atoms. The van der Waals surface area contributed by atoms with Gasteiger partial charge in [0.05, 0.1) is 6.10 Å². The molecule has 1 N–H and O–H groups in total. The Hall–Kier alpha value is -0.150. The van der Waals surface area contributed by atoms with Crippen LogP contribution >= 0.6 is 15.9 Å². The van der Waals surface area contributed by atoms with Crippen LogP contribution in [-0.4, -0.2) is 21.8 Å². The Labute approximate surface area is 154 Å². The van der Waals surface area contributed by atoms with Crippen molar-refractivity contribution in [3.63, 3.8) is 0 Å². The molecule has 8 unspecified atom stereocenters. The van der Waals surface area contributed by atoms with Crippen LogP contribution < -0.4 is 0 Å². The number of hydrogen-bond acceptors (Lipinski definition) is 2. The lowest BCUT2D eigenvalue weighted by atomic mass is 9.47. The zero-order valence-corrected chi connectivity index (χ0v) is 16.8. The van der Waals surface area contributed by atoms with Crippen LogP contribution in [0.15, 0.2) is 11.6 Å². The lowest BCUT2D eigenvalue weighted by Gasteiger charge is -2.59. The molecule has 134 valence electrons. The molecule has 0 aromatic heterocycles. The Morgan fingerprint density at radius 1 is 1.17 bits per heavy atom. The first-order valence-corrected chi connectivity index (χ1v) is 10.7. The first kappa shape index (κ1) is 17.3. The molecule has 4 aliphatic rings. The van der Waals surface area contributed by atoms with E-state index in [0.29, 0.717) is 28.4 Å². The topological polar surface area (TPSA) is 37.3 Å². The summed E-state index contributed by atoms with van der Waals surface area (Å²) in [6.45, 7) is 6.67. The van der Waals surface area contributed by atoms with Gasteiger partial charge in [-0.3, -0.25) is 4.79 Å². The molecule has 24 heavy (non-hydrogen) atoms. The monoisotopic (exact) mass is 394 g/mol. The minimum Gasteiger partial charge on any atom is -0.393 e. The lowest BCUT2D eigenvalue weighted by Crippen LogP contribution is -2.53. The van der Waals surface area contributed by atoms with E-state index in [-0.39, 0.29) is 22.9 Å². The fourth-order valence-electron chi connectivity index (χ4n) is 7.25. The highest BCUT2D eigenvalue weighted by Crippen LogP contribution is 2.67. The summed E-state index contributed by atoms with van der Waals surface area (Å²) < 4.78 is 0. The quantitative estimate of drug-likeness (QED) is 0.507. The number of ketones is 1. The molecule has 3 heteroatoms. The second-order valence-corrected chi connectivity index (χ2v) is 10.6. The predicted octanol–water partition coefficient (Wildman–Crippen LogP) is 4.89. The molecule has 4 rings (SSSR count).